The molecule has 0 aliphatic carbocycles. The molecule has 1 aromatic heterocycles. The Hall–Kier alpha value is -7.56. The maximum absolute atomic E-state index is 14.6. The van der Waals surface area contributed by atoms with Crippen LogP contribution in [-0.2, 0) is 56.0 Å². The molecule has 0 aliphatic heterocycles. The lowest BCUT2D eigenvalue weighted by molar-refractivity contribution is -0.137. The van der Waals surface area contributed by atoms with Crippen LogP contribution in [0.4, 0.5) is 0 Å². The van der Waals surface area contributed by atoms with Gasteiger partial charge in [0, 0.05) is 56.9 Å². The van der Waals surface area contributed by atoms with Gasteiger partial charge in [-0.1, -0.05) is 89.1 Å². The summed E-state index contributed by atoms with van der Waals surface area (Å²) < 4.78 is 0. The number of aromatic nitrogens is 1. The normalized spacial score (nSPS) is 14.7. The highest BCUT2D eigenvalue weighted by molar-refractivity contribution is 5.98. The largest absolute Gasteiger partial charge is 0.370 e. The standard InChI is InChI=1S/C52H80N14O9/c1-7-30(3)43(66-48(72)39(23-24-42(54)68)61-46(70)37(60-32(5)67)22-16-26-58-52(55)56)50(74)62-38(21-14-15-25-53)47(71)65-44(31(4)8-2)51(75)64-41(28-34-29-59-36-20-13-12-19-35(34)36)49(73)63-40(45(69)57-6)27-33-17-10-9-11-18-33/h9-13,17-20,29-31,37-41,43-44,59H,7-8,14-16,21-28,53H2,1-6H3,(H2,54,68)(H,57,69)(H,60,67)(H,61,70)(H,62,74)(H,63,73)(H,64,75)(H,65,71)(H,66,72)(H4,55,56,58)/t30?,31?,37-,38-,39-,40-,41-,43-,44-/m0/s1. The van der Waals surface area contributed by atoms with Crippen molar-refractivity contribution >= 4 is 70.0 Å². The lowest BCUT2D eigenvalue weighted by Gasteiger charge is -2.31. The number of likely N-dealkylation sites (N-methyl/N-ethyl adjacent to an activating group) is 1. The number of amides is 9. The molecule has 3 rings (SSSR count). The van der Waals surface area contributed by atoms with Gasteiger partial charge in [0.2, 0.25) is 53.2 Å². The van der Waals surface area contributed by atoms with Crippen LogP contribution in [0.25, 0.3) is 10.9 Å². The highest BCUT2D eigenvalue weighted by Gasteiger charge is 2.37. The zero-order valence-corrected chi connectivity index (χ0v) is 44.1. The number of carbonyl (C=O) groups is 9. The Morgan fingerprint density at radius 3 is 1.63 bits per heavy atom. The van der Waals surface area contributed by atoms with Gasteiger partial charge in [-0.05, 0) is 74.1 Å². The Kier molecular flexibility index (Phi) is 26.3. The first-order valence-corrected chi connectivity index (χ1v) is 25.7. The van der Waals surface area contributed by atoms with Crippen LogP contribution in [0, 0.1) is 11.8 Å². The molecule has 0 spiro atoms. The third-order valence-corrected chi connectivity index (χ3v) is 13.0. The van der Waals surface area contributed by atoms with E-state index in [9.17, 15) is 43.2 Å². The number of H-pyrrole nitrogens is 1. The third kappa shape index (κ3) is 20.7. The highest BCUT2D eigenvalue weighted by Crippen LogP contribution is 2.20. The molecule has 412 valence electrons. The summed E-state index contributed by atoms with van der Waals surface area (Å²) in [7, 11) is 1.46. The van der Waals surface area contributed by atoms with Gasteiger partial charge in [0.15, 0.2) is 5.96 Å². The zero-order chi connectivity index (χ0) is 55.6. The van der Waals surface area contributed by atoms with Crippen molar-refractivity contribution < 1.29 is 43.2 Å². The second-order valence-corrected chi connectivity index (χ2v) is 18.8. The van der Waals surface area contributed by atoms with Gasteiger partial charge in [-0.2, -0.15) is 0 Å². The van der Waals surface area contributed by atoms with E-state index >= 15 is 0 Å². The lowest BCUT2D eigenvalue weighted by atomic mass is 9.95. The van der Waals surface area contributed by atoms with Gasteiger partial charge in [0.25, 0.3) is 0 Å². The molecule has 3 aromatic rings. The number of nitrogens with zero attached hydrogens (tertiary/aromatic N) is 1. The Morgan fingerprint density at radius 1 is 0.573 bits per heavy atom. The molecule has 9 atom stereocenters. The number of para-hydroxylation sites is 1. The summed E-state index contributed by atoms with van der Waals surface area (Å²) in [6.45, 7) is 8.75. The number of benzene rings is 2. The number of guanidine groups is 1. The van der Waals surface area contributed by atoms with Crippen LogP contribution in [0.15, 0.2) is 65.8 Å². The first kappa shape index (κ1) is 61.7. The van der Waals surface area contributed by atoms with Crippen molar-refractivity contribution in [1.29, 1.82) is 0 Å². The van der Waals surface area contributed by atoms with Crippen molar-refractivity contribution in [2.24, 2.45) is 39.8 Å². The zero-order valence-electron chi connectivity index (χ0n) is 44.1. The molecule has 2 unspecified atom stereocenters. The minimum absolute atomic E-state index is 0.0126. The number of aromatic amines is 1. The van der Waals surface area contributed by atoms with E-state index < -0.39 is 107 Å². The van der Waals surface area contributed by atoms with Gasteiger partial charge in [-0.15, -0.1) is 0 Å². The van der Waals surface area contributed by atoms with Crippen LogP contribution in [0.3, 0.4) is 0 Å². The van der Waals surface area contributed by atoms with Gasteiger partial charge in [-0.3, -0.25) is 48.1 Å². The minimum Gasteiger partial charge on any atom is -0.370 e. The second-order valence-electron chi connectivity index (χ2n) is 18.8. The molecular weight excluding hydrogens is 965 g/mol. The molecule has 2 aromatic carbocycles. The number of rotatable bonds is 33. The number of primary amides is 1. The monoisotopic (exact) mass is 1040 g/mol. The number of unbranched alkanes of at least 4 members (excludes halogenated alkanes) is 1. The molecule has 0 saturated carbocycles. The molecule has 0 bridgehead atoms. The SMILES string of the molecule is CCC(C)[C@H](NC(=O)[C@H](CCCCN)NC(=O)[C@@H](NC(=O)[C@H](CCC(N)=O)NC(=O)[C@H](CCCN=C(N)N)NC(C)=O)C(C)CC)C(=O)N[C@@H](Cc1c[nH]c2ccccc12)C(=O)N[C@@H](Cc1ccccc1)C(=O)NC. The molecule has 23 heteroatoms. The van der Waals surface area contributed by atoms with Crippen molar-refractivity contribution in [2.45, 2.75) is 148 Å². The van der Waals surface area contributed by atoms with Gasteiger partial charge in [0.05, 0.1) is 0 Å². The minimum atomic E-state index is -1.39. The fourth-order valence-electron chi connectivity index (χ4n) is 8.28. The molecule has 0 aliphatic rings. The molecule has 1 heterocycles. The smallest absolute Gasteiger partial charge is 0.243 e. The van der Waals surface area contributed by atoms with E-state index in [0.717, 1.165) is 16.5 Å². The van der Waals surface area contributed by atoms with Crippen molar-refractivity contribution in [2.75, 3.05) is 20.1 Å². The molecule has 23 nitrogen and oxygen atoms in total. The molecule has 17 N–H and O–H groups in total. The molecule has 75 heavy (non-hydrogen) atoms. The van der Waals surface area contributed by atoms with Crippen LogP contribution in [0.1, 0.15) is 104 Å². The Bertz CT molecular complexity index is 2410. The van der Waals surface area contributed by atoms with E-state index in [1.807, 2.05) is 61.5 Å². The van der Waals surface area contributed by atoms with E-state index in [4.69, 9.17) is 22.9 Å². The molecular formula is C52H80N14O9. The van der Waals surface area contributed by atoms with Crippen molar-refractivity contribution in [3.8, 4) is 0 Å². The van der Waals surface area contributed by atoms with E-state index in [1.165, 1.54) is 14.0 Å². The lowest BCUT2D eigenvalue weighted by Crippen LogP contribution is -2.62. The van der Waals surface area contributed by atoms with Gasteiger partial charge >= 0.3 is 0 Å². The number of hydrogen-bond donors (Lipinski definition) is 13. The number of fused-ring (bicyclic) bond motifs is 1. The highest BCUT2D eigenvalue weighted by atomic mass is 16.2. The van der Waals surface area contributed by atoms with Crippen LogP contribution in [0.2, 0.25) is 0 Å². The van der Waals surface area contributed by atoms with Crippen LogP contribution in [-0.4, -0.2) is 127 Å². The van der Waals surface area contributed by atoms with E-state index in [-0.39, 0.29) is 64.0 Å². The van der Waals surface area contributed by atoms with E-state index in [0.29, 0.717) is 31.2 Å². The fourth-order valence-corrected chi connectivity index (χ4v) is 8.28. The first-order chi connectivity index (χ1) is 35.7. The first-order valence-electron chi connectivity index (χ1n) is 25.7. The average molecular weight is 1050 g/mol. The second kappa shape index (κ2) is 31.9. The van der Waals surface area contributed by atoms with E-state index in [2.05, 4.69) is 52.5 Å². The van der Waals surface area contributed by atoms with Gasteiger partial charge in [-0.25, -0.2) is 0 Å². The predicted molar refractivity (Wildman–Crippen MR) is 286 cm³/mol. The Morgan fingerprint density at radius 2 is 1.07 bits per heavy atom. The quantitative estimate of drug-likeness (QED) is 0.0212. The van der Waals surface area contributed by atoms with Crippen LogP contribution in [0.5, 0.6) is 0 Å². The summed E-state index contributed by atoms with van der Waals surface area (Å²) in [6.07, 6.45) is 3.49. The predicted octanol–water partition coefficient (Wildman–Crippen LogP) is -0.347. The van der Waals surface area contributed by atoms with Crippen molar-refractivity contribution in [3.63, 3.8) is 0 Å². The molecule has 0 saturated heterocycles. The van der Waals surface area contributed by atoms with Crippen molar-refractivity contribution in [1.82, 2.24) is 47.5 Å². The summed E-state index contributed by atoms with van der Waals surface area (Å²) >= 11 is 0. The Balaban J connectivity index is 1.93. The van der Waals surface area contributed by atoms with Crippen LogP contribution >= 0.6 is 0 Å². The molecule has 0 radical (unpaired) electrons. The number of nitrogens with one attached hydrogen (secondary N) is 9. The maximum Gasteiger partial charge on any atom is 0.243 e. The molecule has 9 amide bonds. The number of carbonyl (C=O) groups excluding carboxylic acids is 9. The van der Waals surface area contributed by atoms with E-state index in [1.54, 1.807) is 27.0 Å². The molecule has 0 fully saturated rings. The van der Waals surface area contributed by atoms with Crippen molar-refractivity contribution in [3.05, 3.63) is 71.9 Å². The Labute approximate surface area is 438 Å². The van der Waals surface area contributed by atoms with Gasteiger partial charge < -0.3 is 70.5 Å². The summed E-state index contributed by atoms with van der Waals surface area (Å²) in [5.41, 5.74) is 24.4. The summed E-state index contributed by atoms with van der Waals surface area (Å²) in [5, 5.41) is 22.6. The summed E-state index contributed by atoms with van der Waals surface area (Å²) in [4.78, 5) is 130. The number of hydrogen-bond acceptors (Lipinski definition) is 11. The number of nitrogens with two attached hydrogens (primary N) is 4. The average Bonchev–Trinajstić information content (AvgIpc) is 3.79. The summed E-state index contributed by atoms with van der Waals surface area (Å²) in [5.74, 6) is -7.28. The summed E-state index contributed by atoms with van der Waals surface area (Å²) in [6, 6.07) is 8.15. The van der Waals surface area contributed by atoms with Gasteiger partial charge in [0.1, 0.15) is 42.3 Å². The van der Waals surface area contributed by atoms with Crippen LogP contribution < -0.4 is 65.5 Å². The fraction of sp³-hybridized carbons (Fsp3) is 0.538. The number of aliphatic imine (C=N–C) groups is 1. The maximum atomic E-state index is 14.6. The third-order valence-electron chi connectivity index (χ3n) is 13.0. The topological polar surface area (TPSA) is 382 Å².